The SMILES string of the molecule is CC(N)c1nnc(Nc2ccc(S(C)(=O)=O)cc2)o1. The summed E-state index contributed by atoms with van der Waals surface area (Å²) in [5.74, 6) is 0.329. The third kappa shape index (κ3) is 3.30. The largest absolute Gasteiger partial charge is 0.406 e. The summed E-state index contributed by atoms with van der Waals surface area (Å²) in [6.45, 7) is 1.73. The maximum absolute atomic E-state index is 11.3. The summed E-state index contributed by atoms with van der Waals surface area (Å²) >= 11 is 0. The van der Waals surface area contributed by atoms with Crippen LogP contribution in [0, 0.1) is 0 Å². The molecule has 0 radical (unpaired) electrons. The number of nitrogens with two attached hydrogens (primary N) is 1. The summed E-state index contributed by atoms with van der Waals surface area (Å²) in [4.78, 5) is 0.250. The van der Waals surface area contributed by atoms with Crippen LogP contribution in [-0.2, 0) is 9.84 Å². The Labute approximate surface area is 110 Å². The molecule has 1 aromatic carbocycles. The molecular formula is C11H14N4O3S. The first-order valence-corrected chi connectivity index (χ1v) is 7.41. The highest BCUT2D eigenvalue weighted by atomic mass is 32.2. The van der Waals surface area contributed by atoms with Crippen LogP contribution in [0.1, 0.15) is 18.9 Å². The molecule has 2 rings (SSSR count). The molecule has 102 valence electrons. The Balaban J connectivity index is 2.15. The fourth-order valence-electron chi connectivity index (χ4n) is 1.38. The number of hydrogen-bond donors (Lipinski definition) is 2. The number of rotatable bonds is 4. The Kier molecular flexibility index (Phi) is 3.54. The van der Waals surface area contributed by atoms with E-state index in [4.69, 9.17) is 10.2 Å². The van der Waals surface area contributed by atoms with Crippen LogP contribution in [0.2, 0.25) is 0 Å². The zero-order valence-corrected chi connectivity index (χ0v) is 11.3. The van der Waals surface area contributed by atoms with E-state index in [1.807, 2.05) is 0 Å². The summed E-state index contributed by atoms with van der Waals surface area (Å²) in [6.07, 6.45) is 1.16. The van der Waals surface area contributed by atoms with E-state index >= 15 is 0 Å². The van der Waals surface area contributed by atoms with Crippen molar-refractivity contribution in [2.75, 3.05) is 11.6 Å². The van der Waals surface area contributed by atoms with Crippen molar-refractivity contribution in [1.82, 2.24) is 10.2 Å². The number of aromatic nitrogens is 2. The minimum atomic E-state index is -3.20. The molecule has 2 aromatic rings. The average molecular weight is 282 g/mol. The predicted molar refractivity (Wildman–Crippen MR) is 69.7 cm³/mol. The van der Waals surface area contributed by atoms with Gasteiger partial charge in [-0.1, -0.05) is 5.10 Å². The van der Waals surface area contributed by atoms with E-state index in [1.165, 1.54) is 12.1 Å². The molecule has 0 spiro atoms. The van der Waals surface area contributed by atoms with Gasteiger partial charge in [0, 0.05) is 11.9 Å². The smallest absolute Gasteiger partial charge is 0.320 e. The second-order valence-electron chi connectivity index (χ2n) is 4.16. The third-order valence-corrected chi connectivity index (χ3v) is 3.49. The van der Waals surface area contributed by atoms with Crippen molar-refractivity contribution in [2.24, 2.45) is 5.73 Å². The van der Waals surface area contributed by atoms with Crippen molar-refractivity contribution in [3.05, 3.63) is 30.2 Å². The number of nitrogens with one attached hydrogen (secondary N) is 1. The van der Waals surface area contributed by atoms with Crippen LogP contribution in [0.25, 0.3) is 0 Å². The van der Waals surface area contributed by atoms with E-state index in [2.05, 4.69) is 15.5 Å². The Bertz CT molecular complexity index is 662. The van der Waals surface area contributed by atoms with Gasteiger partial charge in [-0.3, -0.25) is 0 Å². The lowest BCUT2D eigenvalue weighted by molar-refractivity contribution is 0.475. The summed E-state index contributed by atoms with van der Waals surface area (Å²) in [5, 5.41) is 10.4. The lowest BCUT2D eigenvalue weighted by Crippen LogP contribution is -2.04. The molecular weight excluding hydrogens is 268 g/mol. The van der Waals surface area contributed by atoms with Gasteiger partial charge in [0.2, 0.25) is 5.89 Å². The lowest BCUT2D eigenvalue weighted by atomic mass is 10.3. The van der Waals surface area contributed by atoms with Gasteiger partial charge in [-0.15, -0.1) is 5.10 Å². The quantitative estimate of drug-likeness (QED) is 0.867. The molecule has 1 unspecified atom stereocenters. The number of sulfone groups is 1. The van der Waals surface area contributed by atoms with Crippen molar-refractivity contribution in [2.45, 2.75) is 17.9 Å². The highest BCUT2D eigenvalue weighted by molar-refractivity contribution is 7.90. The van der Waals surface area contributed by atoms with Crippen molar-refractivity contribution in [3.63, 3.8) is 0 Å². The van der Waals surface area contributed by atoms with Crippen LogP contribution < -0.4 is 11.1 Å². The van der Waals surface area contributed by atoms with Crippen LogP contribution in [0.4, 0.5) is 11.7 Å². The first-order valence-electron chi connectivity index (χ1n) is 5.52. The van der Waals surface area contributed by atoms with Crippen LogP contribution in [0.5, 0.6) is 0 Å². The second-order valence-corrected chi connectivity index (χ2v) is 6.17. The Morgan fingerprint density at radius 3 is 2.37 bits per heavy atom. The standard InChI is InChI=1S/C11H14N4O3S/c1-7(12)10-14-15-11(18-10)13-8-3-5-9(6-4-8)19(2,16)17/h3-7H,12H2,1-2H3,(H,13,15). The molecule has 0 amide bonds. The van der Waals surface area contributed by atoms with E-state index in [0.29, 0.717) is 11.6 Å². The summed E-state index contributed by atoms with van der Waals surface area (Å²) in [5.41, 5.74) is 6.24. The second kappa shape index (κ2) is 4.98. The van der Waals surface area contributed by atoms with Gasteiger partial charge in [0.1, 0.15) is 0 Å². The molecule has 0 saturated carbocycles. The molecule has 0 bridgehead atoms. The maximum atomic E-state index is 11.3. The van der Waals surface area contributed by atoms with E-state index < -0.39 is 9.84 Å². The summed E-state index contributed by atoms with van der Waals surface area (Å²) < 4.78 is 27.9. The Morgan fingerprint density at radius 1 is 1.26 bits per heavy atom. The topological polar surface area (TPSA) is 111 Å². The first-order chi connectivity index (χ1) is 8.86. The van der Waals surface area contributed by atoms with Gasteiger partial charge in [-0.25, -0.2) is 8.42 Å². The fraction of sp³-hybridized carbons (Fsp3) is 0.273. The molecule has 0 aliphatic heterocycles. The van der Waals surface area contributed by atoms with Crippen molar-refractivity contribution in [1.29, 1.82) is 0 Å². The van der Waals surface area contributed by atoms with Gasteiger partial charge in [0.05, 0.1) is 10.9 Å². The molecule has 0 fully saturated rings. The predicted octanol–water partition coefficient (Wildman–Crippen LogP) is 1.24. The van der Waals surface area contributed by atoms with Crippen LogP contribution in [0.15, 0.2) is 33.6 Å². The molecule has 0 saturated heterocycles. The number of hydrogen-bond acceptors (Lipinski definition) is 7. The number of anilines is 2. The summed E-state index contributed by atoms with van der Waals surface area (Å²) in [6, 6.07) is 6.11. The zero-order chi connectivity index (χ0) is 14.0. The minimum Gasteiger partial charge on any atom is -0.406 e. The van der Waals surface area contributed by atoms with Gasteiger partial charge in [0.15, 0.2) is 9.84 Å². The van der Waals surface area contributed by atoms with Crippen LogP contribution in [0.3, 0.4) is 0 Å². The Morgan fingerprint density at radius 2 is 1.89 bits per heavy atom. The maximum Gasteiger partial charge on any atom is 0.320 e. The van der Waals surface area contributed by atoms with Gasteiger partial charge in [0.25, 0.3) is 0 Å². The zero-order valence-electron chi connectivity index (χ0n) is 10.5. The van der Waals surface area contributed by atoms with Crippen molar-refractivity contribution in [3.8, 4) is 0 Å². The van der Waals surface area contributed by atoms with E-state index in [1.54, 1.807) is 19.1 Å². The van der Waals surface area contributed by atoms with Gasteiger partial charge in [-0.05, 0) is 31.2 Å². The molecule has 1 heterocycles. The molecule has 7 nitrogen and oxygen atoms in total. The van der Waals surface area contributed by atoms with E-state index in [-0.39, 0.29) is 17.0 Å². The molecule has 19 heavy (non-hydrogen) atoms. The molecule has 3 N–H and O–H groups in total. The van der Waals surface area contributed by atoms with Crippen LogP contribution >= 0.6 is 0 Å². The van der Waals surface area contributed by atoms with Gasteiger partial charge >= 0.3 is 6.01 Å². The summed E-state index contributed by atoms with van der Waals surface area (Å²) in [7, 11) is -3.20. The highest BCUT2D eigenvalue weighted by Crippen LogP contribution is 2.19. The molecule has 1 aromatic heterocycles. The fourth-order valence-corrected chi connectivity index (χ4v) is 2.01. The van der Waals surface area contributed by atoms with E-state index in [0.717, 1.165) is 6.26 Å². The van der Waals surface area contributed by atoms with Crippen molar-refractivity contribution < 1.29 is 12.8 Å². The van der Waals surface area contributed by atoms with Crippen molar-refractivity contribution >= 4 is 21.5 Å². The monoisotopic (exact) mass is 282 g/mol. The molecule has 0 aliphatic rings. The molecule has 8 heteroatoms. The van der Waals surface area contributed by atoms with Crippen LogP contribution in [-0.4, -0.2) is 24.9 Å². The van der Waals surface area contributed by atoms with Gasteiger partial charge < -0.3 is 15.5 Å². The van der Waals surface area contributed by atoms with Gasteiger partial charge in [-0.2, -0.15) is 0 Å². The lowest BCUT2D eigenvalue weighted by Gasteiger charge is -2.02. The highest BCUT2D eigenvalue weighted by Gasteiger charge is 2.10. The van der Waals surface area contributed by atoms with E-state index in [9.17, 15) is 8.42 Å². The normalized spacial score (nSPS) is 13.2. The third-order valence-electron chi connectivity index (χ3n) is 2.36. The first kappa shape index (κ1) is 13.5. The Hall–Kier alpha value is -1.93. The minimum absolute atomic E-state index is 0.208. The average Bonchev–Trinajstić information content (AvgIpc) is 2.77. The molecule has 1 atom stereocenters. The molecule has 0 aliphatic carbocycles. The number of benzene rings is 1. The number of nitrogens with zero attached hydrogens (tertiary/aromatic N) is 2.